The summed E-state index contributed by atoms with van der Waals surface area (Å²) in [6.45, 7) is 9.49. The Morgan fingerprint density at radius 3 is 2.47 bits per heavy atom. The van der Waals surface area contributed by atoms with Crippen molar-refractivity contribution in [1.82, 2.24) is 9.80 Å². The van der Waals surface area contributed by atoms with E-state index in [0.29, 0.717) is 0 Å². The fraction of sp³-hybridized carbons (Fsp3) is 0.600. The Morgan fingerprint density at radius 2 is 1.82 bits per heavy atom. The first kappa shape index (κ1) is 16.0. The lowest BCUT2D eigenvalue weighted by Gasteiger charge is -2.23. The molecular weight excluding hydrogens is 208 g/mol. The van der Waals surface area contributed by atoms with Gasteiger partial charge in [0, 0.05) is 25.8 Å². The summed E-state index contributed by atoms with van der Waals surface area (Å²) in [5.41, 5.74) is 1.30. The topological polar surface area (TPSA) is 6.48 Å². The molecule has 1 aliphatic carbocycles. The number of rotatable bonds is 5. The van der Waals surface area contributed by atoms with Gasteiger partial charge < -0.3 is 9.80 Å². The van der Waals surface area contributed by atoms with Crippen LogP contribution in [0.25, 0.3) is 0 Å². The second kappa shape index (κ2) is 10.2. The number of likely N-dealkylation sites (N-methyl/N-ethyl adjacent to an activating group) is 2. The lowest BCUT2D eigenvalue weighted by Crippen LogP contribution is -2.29. The summed E-state index contributed by atoms with van der Waals surface area (Å²) >= 11 is 0. The number of hydrogen-bond donors (Lipinski definition) is 0. The molecule has 0 aliphatic heterocycles. The third-order valence-corrected chi connectivity index (χ3v) is 2.76. The van der Waals surface area contributed by atoms with Crippen LogP contribution in [-0.2, 0) is 0 Å². The fourth-order valence-electron chi connectivity index (χ4n) is 1.43. The SMILES string of the molecule is CC.CCN(C)CCN(C)C1=CC=CCC=C1. The number of allylic oxidation sites excluding steroid dienone is 5. The van der Waals surface area contributed by atoms with Crippen LogP contribution < -0.4 is 0 Å². The molecule has 0 radical (unpaired) electrons. The molecule has 0 bridgehead atoms. The molecule has 2 nitrogen and oxygen atoms in total. The molecule has 0 saturated carbocycles. The summed E-state index contributed by atoms with van der Waals surface area (Å²) in [4.78, 5) is 4.63. The van der Waals surface area contributed by atoms with E-state index in [9.17, 15) is 0 Å². The minimum Gasteiger partial charge on any atom is -0.373 e. The molecule has 0 aromatic carbocycles. The van der Waals surface area contributed by atoms with E-state index >= 15 is 0 Å². The maximum absolute atomic E-state index is 2.33. The predicted molar refractivity (Wildman–Crippen MR) is 78.1 cm³/mol. The van der Waals surface area contributed by atoms with E-state index in [1.807, 2.05) is 13.8 Å². The minimum absolute atomic E-state index is 1.04. The highest BCUT2D eigenvalue weighted by atomic mass is 15.2. The average molecular weight is 236 g/mol. The van der Waals surface area contributed by atoms with E-state index < -0.39 is 0 Å². The van der Waals surface area contributed by atoms with Crippen molar-refractivity contribution >= 4 is 0 Å². The first-order valence-electron chi connectivity index (χ1n) is 6.67. The molecule has 2 heteroatoms. The van der Waals surface area contributed by atoms with Gasteiger partial charge in [-0.15, -0.1) is 0 Å². The van der Waals surface area contributed by atoms with Crippen LogP contribution in [0.4, 0.5) is 0 Å². The van der Waals surface area contributed by atoms with Crippen molar-refractivity contribution in [3.05, 3.63) is 36.1 Å². The van der Waals surface area contributed by atoms with Gasteiger partial charge in [0.25, 0.3) is 0 Å². The zero-order valence-corrected chi connectivity index (χ0v) is 12.1. The van der Waals surface area contributed by atoms with Gasteiger partial charge in [-0.2, -0.15) is 0 Å². The Kier molecular flexibility index (Phi) is 9.55. The number of nitrogens with zero attached hydrogens (tertiary/aromatic N) is 2. The van der Waals surface area contributed by atoms with Crippen molar-refractivity contribution in [2.75, 3.05) is 33.7 Å². The Morgan fingerprint density at radius 1 is 1.12 bits per heavy atom. The molecule has 0 unspecified atom stereocenters. The van der Waals surface area contributed by atoms with Crippen LogP contribution in [0.1, 0.15) is 27.2 Å². The van der Waals surface area contributed by atoms with Gasteiger partial charge in [-0.3, -0.25) is 0 Å². The van der Waals surface area contributed by atoms with Gasteiger partial charge in [0.15, 0.2) is 0 Å². The van der Waals surface area contributed by atoms with Crippen molar-refractivity contribution < 1.29 is 0 Å². The Bertz CT molecular complexity index is 264. The van der Waals surface area contributed by atoms with Crippen LogP contribution in [0.2, 0.25) is 0 Å². The monoisotopic (exact) mass is 236 g/mol. The molecule has 1 aliphatic rings. The van der Waals surface area contributed by atoms with Crippen LogP contribution in [0, 0.1) is 0 Å². The molecule has 0 aromatic rings. The summed E-state index contributed by atoms with van der Waals surface area (Å²) in [5, 5.41) is 0. The van der Waals surface area contributed by atoms with Crippen molar-refractivity contribution in [2.45, 2.75) is 27.2 Å². The summed E-state index contributed by atoms with van der Waals surface area (Å²) in [6, 6.07) is 0. The van der Waals surface area contributed by atoms with Crippen LogP contribution in [0.15, 0.2) is 36.1 Å². The molecule has 17 heavy (non-hydrogen) atoms. The van der Waals surface area contributed by atoms with Gasteiger partial charge in [-0.05, 0) is 32.2 Å². The van der Waals surface area contributed by atoms with Crippen molar-refractivity contribution in [3.8, 4) is 0 Å². The molecule has 0 atom stereocenters. The molecule has 98 valence electrons. The molecule has 0 fully saturated rings. The maximum atomic E-state index is 2.33. The van der Waals surface area contributed by atoms with Gasteiger partial charge >= 0.3 is 0 Å². The van der Waals surface area contributed by atoms with Crippen LogP contribution in [-0.4, -0.2) is 43.5 Å². The third kappa shape index (κ3) is 7.01. The maximum Gasteiger partial charge on any atom is 0.0360 e. The Hall–Kier alpha value is -1.02. The largest absolute Gasteiger partial charge is 0.373 e. The smallest absolute Gasteiger partial charge is 0.0360 e. The van der Waals surface area contributed by atoms with Gasteiger partial charge in [-0.25, -0.2) is 0 Å². The molecule has 0 N–H and O–H groups in total. The van der Waals surface area contributed by atoms with E-state index in [4.69, 9.17) is 0 Å². The summed E-state index contributed by atoms with van der Waals surface area (Å²) in [7, 11) is 4.31. The summed E-state index contributed by atoms with van der Waals surface area (Å²) in [5.74, 6) is 0. The predicted octanol–water partition coefficient (Wildman–Crippen LogP) is 3.30. The Balaban J connectivity index is 0.00000121. The van der Waals surface area contributed by atoms with Crippen molar-refractivity contribution in [2.24, 2.45) is 0 Å². The van der Waals surface area contributed by atoms with Crippen molar-refractivity contribution in [1.29, 1.82) is 0 Å². The van der Waals surface area contributed by atoms with E-state index in [1.54, 1.807) is 0 Å². The van der Waals surface area contributed by atoms with Crippen LogP contribution >= 0.6 is 0 Å². The van der Waals surface area contributed by atoms with Gasteiger partial charge in [0.1, 0.15) is 0 Å². The summed E-state index contributed by atoms with van der Waals surface area (Å²) in [6.07, 6.45) is 11.9. The van der Waals surface area contributed by atoms with Crippen LogP contribution in [0.3, 0.4) is 0 Å². The van der Waals surface area contributed by atoms with Gasteiger partial charge in [0.05, 0.1) is 0 Å². The first-order chi connectivity index (χ1) is 8.24. The molecule has 0 heterocycles. The third-order valence-electron chi connectivity index (χ3n) is 2.76. The standard InChI is InChI=1S/C13H22N2.C2H6/c1-4-14(2)11-12-15(3)13-9-7-5-6-8-10-13;1-2/h5,7-10H,4,6,11-12H2,1-3H3;1-2H3. The molecule has 0 amide bonds. The van der Waals surface area contributed by atoms with Gasteiger partial charge in [-0.1, -0.05) is 39.0 Å². The fourth-order valence-corrected chi connectivity index (χ4v) is 1.43. The highest BCUT2D eigenvalue weighted by Crippen LogP contribution is 2.08. The zero-order chi connectivity index (χ0) is 13.1. The Labute approximate surface area is 107 Å². The normalized spacial score (nSPS) is 13.9. The van der Waals surface area contributed by atoms with Crippen LogP contribution in [0.5, 0.6) is 0 Å². The van der Waals surface area contributed by atoms with E-state index in [-0.39, 0.29) is 0 Å². The quantitative estimate of drug-likeness (QED) is 0.722. The van der Waals surface area contributed by atoms with E-state index in [1.165, 1.54) is 5.70 Å². The first-order valence-corrected chi connectivity index (χ1v) is 6.67. The molecule has 1 rings (SSSR count). The lowest BCUT2D eigenvalue weighted by atomic mass is 10.3. The summed E-state index contributed by atoms with van der Waals surface area (Å²) < 4.78 is 0. The lowest BCUT2D eigenvalue weighted by molar-refractivity contribution is 0.300. The second-order valence-electron chi connectivity index (χ2n) is 3.98. The molecular formula is C15H28N2. The number of hydrogen-bond acceptors (Lipinski definition) is 2. The second-order valence-corrected chi connectivity index (χ2v) is 3.98. The van der Waals surface area contributed by atoms with E-state index in [0.717, 1.165) is 26.1 Å². The molecule has 0 saturated heterocycles. The minimum atomic E-state index is 1.04. The van der Waals surface area contributed by atoms with Gasteiger partial charge in [0.2, 0.25) is 0 Å². The highest BCUT2D eigenvalue weighted by Gasteiger charge is 2.02. The average Bonchev–Trinajstić information content (AvgIpc) is 2.66. The highest BCUT2D eigenvalue weighted by molar-refractivity contribution is 5.26. The molecule has 0 spiro atoms. The van der Waals surface area contributed by atoms with E-state index in [2.05, 4.69) is 61.2 Å². The zero-order valence-electron chi connectivity index (χ0n) is 12.1. The van der Waals surface area contributed by atoms with Crippen molar-refractivity contribution in [3.63, 3.8) is 0 Å². The molecule has 0 aromatic heterocycles.